The van der Waals surface area contributed by atoms with Crippen molar-refractivity contribution in [2.75, 3.05) is 19.7 Å². The molecule has 7 nitrogen and oxygen atoms in total. The van der Waals surface area contributed by atoms with E-state index in [0.29, 0.717) is 19.3 Å². The predicted molar refractivity (Wildman–Crippen MR) is 114 cm³/mol. The Morgan fingerprint density at radius 3 is 2.43 bits per heavy atom. The summed E-state index contributed by atoms with van der Waals surface area (Å²) in [6, 6.07) is -0.0162. The second-order valence-corrected chi connectivity index (χ2v) is 10.5. The molecule has 0 aromatic carbocycles. The number of likely N-dealkylation sites (tertiary alicyclic amines) is 1. The van der Waals surface area contributed by atoms with Gasteiger partial charge in [-0.15, -0.1) is 0 Å². The van der Waals surface area contributed by atoms with E-state index < -0.39 is 17.6 Å². The number of aliphatic hydroxyl groups is 2. The van der Waals surface area contributed by atoms with Crippen molar-refractivity contribution < 1.29 is 24.5 Å². The number of ether oxygens (including phenoxy) is 1. The maximum absolute atomic E-state index is 12.9. The fourth-order valence-corrected chi connectivity index (χ4v) is 6.46. The van der Waals surface area contributed by atoms with Crippen LogP contribution in [0, 0.1) is 22.7 Å². The van der Waals surface area contributed by atoms with Crippen molar-refractivity contribution in [1.29, 1.82) is 0 Å². The van der Waals surface area contributed by atoms with E-state index in [-0.39, 0.29) is 41.9 Å². The number of hydrogen-bond acceptors (Lipinski definition) is 5. The summed E-state index contributed by atoms with van der Waals surface area (Å²) >= 11 is 0. The molecule has 172 valence electrons. The Morgan fingerprint density at radius 1 is 1.17 bits per heavy atom. The highest BCUT2D eigenvalue weighted by atomic mass is 16.6. The van der Waals surface area contributed by atoms with Gasteiger partial charge in [-0.2, -0.15) is 0 Å². The molecule has 6 unspecified atom stereocenters. The van der Waals surface area contributed by atoms with Crippen LogP contribution in [0.4, 0.5) is 4.79 Å². The molecule has 6 atom stereocenters. The van der Waals surface area contributed by atoms with E-state index in [1.807, 2.05) is 25.7 Å². The molecule has 1 aliphatic heterocycles. The number of rotatable bonds is 5. The summed E-state index contributed by atoms with van der Waals surface area (Å²) in [7, 11) is 0. The standard InChI is InChI=1S/C23H40N2O5/c1-15(2)24-21(29)30-19-9-10-22(3)16(13-20(28)25-11-5-6-12-25)17(27)7-8-18(22)23(19,4)14-26/h15-19,26-27H,5-14H2,1-4H3,(H,24,29). The average Bonchev–Trinajstić information content (AvgIpc) is 3.21. The summed E-state index contributed by atoms with van der Waals surface area (Å²) in [5, 5.41) is 24.1. The molecule has 30 heavy (non-hydrogen) atoms. The lowest BCUT2D eigenvalue weighted by Crippen LogP contribution is -2.61. The van der Waals surface area contributed by atoms with Crippen LogP contribution in [0.3, 0.4) is 0 Å². The van der Waals surface area contributed by atoms with Crippen molar-refractivity contribution >= 4 is 12.0 Å². The molecule has 3 rings (SSSR count). The molecule has 0 aromatic heterocycles. The Bertz CT molecular complexity index is 635. The van der Waals surface area contributed by atoms with Gasteiger partial charge in [0, 0.05) is 31.0 Å². The smallest absolute Gasteiger partial charge is 0.407 e. The second-order valence-electron chi connectivity index (χ2n) is 10.5. The molecule has 2 saturated carbocycles. The van der Waals surface area contributed by atoms with Crippen LogP contribution in [0.25, 0.3) is 0 Å². The number of carbonyl (C=O) groups is 2. The molecule has 2 aliphatic carbocycles. The number of carbonyl (C=O) groups excluding carboxylic acids is 2. The number of aliphatic hydroxyl groups excluding tert-OH is 2. The maximum atomic E-state index is 12.9. The highest BCUT2D eigenvalue weighted by Gasteiger charge is 2.60. The first kappa shape index (κ1) is 23.3. The van der Waals surface area contributed by atoms with Crippen molar-refractivity contribution in [1.82, 2.24) is 10.2 Å². The van der Waals surface area contributed by atoms with Crippen molar-refractivity contribution in [2.45, 2.75) is 90.9 Å². The summed E-state index contributed by atoms with van der Waals surface area (Å²) in [5.74, 6) is 0.0693. The summed E-state index contributed by atoms with van der Waals surface area (Å²) < 4.78 is 5.78. The third-order valence-corrected chi connectivity index (χ3v) is 8.19. The Hall–Kier alpha value is -1.34. The monoisotopic (exact) mass is 424 g/mol. The Labute approximate surface area is 180 Å². The number of amides is 2. The maximum Gasteiger partial charge on any atom is 0.407 e. The van der Waals surface area contributed by atoms with E-state index >= 15 is 0 Å². The van der Waals surface area contributed by atoms with Crippen LogP contribution < -0.4 is 5.32 Å². The van der Waals surface area contributed by atoms with E-state index in [0.717, 1.165) is 38.8 Å². The number of alkyl carbamates (subject to hydrolysis) is 1. The third kappa shape index (κ3) is 4.33. The van der Waals surface area contributed by atoms with E-state index in [1.54, 1.807) is 0 Å². The average molecular weight is 425 g/mol. The lowest BCUT2D eigenvalue weighted by molar-refractivity contribution is -0.187. The molecular formula is C23H40N2O5. The summed E-state index contributed by atoms with van der Waals surface area (Å²) in [4.78, 5) is 27.1. The minimum atomic E-state index is -0.601. The molecule has 0 radical (unpaired) electrons. The van der Waals surface area contributed by atoms with E-state index in [1.165, 1.54) is 0 Å². The van der Waals surface area contributed by atoms with Crippen LogP contribution in [0.1, 0.15) is 72.6 Å². The molecule has 1 saturated heterocycles. The first-order chi connectivity index (χ1) is 14.1. The summed E-state index contributed by atoms with van der Waals surface area (Å²) in [5.41, 5.74) is -0.880. The highest BCUT2D eigenvalue weighted by molar-refractivity contribution is 5.77. The molecule has 0 aromatic rings. The van der Waals surface area contributed by atoms with Gasteiger partial charge in [-0.25, -0.2) is 4.79 Å². The first-order valence-corrected chi connectivity index (χ1v) is 11.7. The zero-order valence-electron chi connectivity index (χ0n) is 19.0. The van der Waals surface area contributed by atoms with Crippen LogP contribution >= 0.6 is 0 Å². The van der Waals surface area contributed by atoms with Gasteiger partial charge in [-0.1, -0.05) is 13.8 Å². The molecule has 3 fully saturated rings. The number of hydrogen-bond donors (Lipinski definition) is 3. The number of nitrogens with zero attached hydrogens (tertiary/aromatic N) is 1. The molecule has 3 N–H and O–H groups in total. The minimum Gasteiger partial charge on any atom is -0.446 e. The Morgan fingerprint density at radius 2 is 1.83 bits per heavy atom. The largest absolute Gasteiger partial charge is 0.446 e. The second kappa shape index (κ2) is 9.03. The lowest BCUT2D eigenvalue weighted by atomic mass is 9.46. The van der Waals surface area contributed by atoms with Gasteiger partial charge in [0.05, 0.1) is 12.7 Å². The Kier molecular flexibility index (Phi) is 7.02. The van der Waals surface area contributed by atoms with E-state index in [2.05, 4.69) is 12.2 Å². The van der Waals surface area contributed by atoms with E-state index in [9.17, 15) is 19.8 Å². The van der Waals surface area contributed by atoms with Crippen molar-refractivity contribution in [3.63, 3.8) is 0 Å². The highest BCUT2D eigenvalue weighted by Crippen LogP contribution is 2.61. The third-order valence-electron chi connectivity index (χ3n) is 8.19. The molecule has 2 amide bonds. The summed E-state index contributed by atoms with van der Waals surface area (Å²) in [6.07, 6.45) is 3.88. The van der Waals surface area contributed by atoms with Gasteiger partial charge in [0.25, 0.3) is 0 Å². The SMILES string of the molecule is CC(C)NC(=O)OC1CCC2(C)C(CC(=O)N3CCCC3)C(O)CCC2C1(C)CO. The quantitative estimate of drug-likeness (QED) is 0.630. The van der Waals surface area contributed by atoms with Crippen LogP contribution in [0.5, 0.6) is 0 Å². The van der Waals surface area contributed by atoms with Crippen molar-refractivity contribution in [2.24, 2.45) is 22.7 Å². The van der Waals surface area contributed by atoms with Gasteiger partial charge < -0.3 is 25.2 Å². The van der Waals surface area contributed by atoms with Crippen LogP contribution in [-0.4, -0.2) is 65.1 Å². The molecule has 1 heterocycles. The molecule has 3 aliphatic rings. The number of nitrogens with one attached hydrogen (secondary N) is 1. The fourth-order valence-electron chi connectivity index (χ4n) is 6.46. The number of fused-ring (bicyclic) bond motifs is 1. The fraction of sp³-hybridized carbons (Fsp3) is 0.913. The minimum absolute atomic E-state index is 0.0162. The zero-order chi connectivity index (χ0) is 22.1. The predicted octanol–water partition coefficient (Wildman–Crippen LogP) is 2.69. The van der Waals surface area contributed by atoms with Gasteiger partial charge in [-0.05, 0) is 69.6 Å². The van der Waals surface area contributed by atoms with Gasteiger partial charge in [0.2, 0.25) is 5.91 Å². The van der Waals surface area contributed by atoms with E-state index in [4.69, 9.17) is 4.74 Å². The van der Waals surface area contributed by atoms with Gasteiger partial charge in [0.15, 0.2) is 0 Å². The van der Waals surface area contributed by atoms with Gasteiger partial charge in [-0.3, -0.25) is 4.79 Å². The molecule has 0 spiro atoms. The van der Waals surface area contributed by atoms with Gasteiger partial charge >= 0.3 is 6.09 Å². The molecule has 0 bridgehead atoms. The van der Waals surface area contributed by atoms with Crippen LogP contribution in [-0.2, 0) is 9.53 Å². The lowest BCUT2D eigenvalue weighted by Gasteiger charge is -2.60. The van der Waals surface area contributed by atoms with Crippen molar-refractivity contribution in [3.8, 4) is 0 Å². The zero-order valence-corrected chi connectivity index (χ0v) is 19.0. The van der Waals surface area contributed by atoms with Crippen molar-refractivity contribution in [3.05, 3.63) is 0 Å². The summed E-state index contributed by atoms with van der Waals surface area (Å²) in [6.45, 7) is 9.48. The normalized spacial score (nSPS) is 39.0. The molecular weight excluding hydrogens is 384 g/mol. The van der Waals surface area contributed by atoms with Gasteiger partial charge in [0.1, 0.15) is 6.10 Å². The van der Waals surface area contributed by atoms with Crippen LogP contribution in [0.15, 0.2) is 0 Å². The Balaban J connectivity index is 1.80. The molecule has 7 heteroatoms. The first-order valence-electron chi connectivity index (χ1n) is 11.7. The van der Waals surface area contributed by atoms with Crippen LogP contribution in [0.2, 0.25) is 0 Å². The topological polar surface area (TPSA) is 99.1 Å².